The molecule has 0 fully saturated rings. The number of anilines is 1. The van der Waals surface area contributed by atoms with Crippen LogP contribution >= 0.6 is 0 Å². The van der Waals surface area contributed by atoms with Crippen LogP contribution in [-0.2, 0) is 9.53 Å². The van der Waals surface area contributed by atoms with E-state index in [0.717, 1.165) is 5.56 Å². The molecule has 0 heterocycles. The summed E-state index contributed by atoms with van der Waals surface area (Å²) >= 11 is 0. The van der Waals surface area contributed by atoms with E-state index < -0.39 is 12.0 Å². The molecule has 3 N–H and O–H groups in total. The molecule has 0 spiro atoms. The van der Waals surface area contributed by atoms with Gasteiger partial charge >= 0.3 is 12.0 Å². The van der Waals surface area contributed by atoms with Gasteiger partial charge in [-0.15, -0.1) is 0 Å². The minimum atomic E-state index is -0.964. The first-order chi connectivity index (χ1) is 10.0. The Bertz CT molecular complexity index is 490. The molecule has 0 atom stereocenters. The zero-order chi connectivity index (χ0) is 15.7. The summed E-state index contributed by atoms with van der Waals surface area (Å²) in [5, 5.41) is 13.6. The lowest BCUT2D eigenvalue weighted by molar-refractivity contribution is -0.136. The molecule has 0 unspecified atom stereocenters. The van der Waals surface area contributed by atoms with Gasteiger partial charge in [-0.1, -0.05) is 6.07 Å². The Kier molecular flexibility index (Phi) is 7.03. The molecule has 1 aromatic rings. The lowest BCUT2D eigenvalue weighted by atomic mass is 10.2. The molecule has 1 aromatic carbocycles. The number of carbonyl (C=O) groups is 2. The number of ether oxygens (including phenoxy) is 2. The summed E-state index contributed by atoms with van der Waals surface area (Å²) in [6.07, 6.45) is -0.126. The van der Waals surface area contributed by atoms with Gasteiger partial charge < -0.3 is 25.2 Å². The first kappa shape index (κ1) is 16.8. The smallest absolute Gasteiger partial charge is 0.319 e. The van der Waals surface area contributed by atoms with Gasteiger partial charge in [0.2, 0.25) is 0 Å². The number of methoxy groups -OCH3 is 1. The van der Waals surface area contributed by atoms with Crippen molar-refractivity contribution in [3.05, 3.63) is 23.8 Å². The molecule has 7 heteroatoms. The second-order valence-electron chi connectivity index (χ2n) is 4.37. The van der Waals surface area contributed by atoms with Crippen LogP contribution in [0.4, 0.5) is 10.5 Å². The normalized spacial score (nSPS) is 10.0. The Morgan fingerprint density at radius 3 is 2.71 bits per heavy atom. The van der Waals surface area contributed by atoms with E-state index in [9.17, 15) is 9.59 Å². The Balaban J connectivity index is 2.59. The summed E-state index contributed by atoms with van der Waals surface area (Å²) in [5.41, 5.74) is 1.52. The minimum absolute atomic E-state index is 0.0624. The standard InChI is InChI=1S/C14H20N2O5/c1-10-3-4-11(12(9-10)21-8-7-20-2)16-14(19)15-6-5-13(17)18/h3-4,9H,5-8H2,1-2H3,(H,17,18)(H2,15,16,19). The summed E-state index contributed by atoms with van der Waals surface area (Å²) in [7, 11) is 1.58. The van der Waals surface area contributed by atoms with Gasteiger partial charge in [0, 0.05) is 13.7 Å². The molecule has 0 aliphatic carbocycles. The third kappa shape index (κ3) is 6.62. The third-order valence-electron chi connectivity index (χ3n) is 2.55. The molecule has 0 bridgehead atoms. The number of carboxylic acid groups (broad SMARTS) is 1. The van der Waals surface area contributed by atoms with Crippen molar-refractivity contribution in [3.8, 4) is 5.75 Å². The maximum absolute atomic E-state index is 11.7. The molecule has 0 aromatic heterocycles. The second-order valence-corrected chi connectivity index (χ2v) is 4.37. The second kappa shape index (κ2) is 8.80. The number of urea groups is 1. The van der Waals surface area contributed by atoms with Crippen molar-refractivity contribution in [2.45, 2.75) is 13.3 Å². The third-order valence-corrected chi connectivity index (χ3v) is 2.55. The summed E-state index contributed by atoms with van der Waals surface area (Å²) in [6, 6.07) is 4.91. The van der Waals surface area contributed by atoms with Crippen molar-refractivity contribution in [3.63, 3.8) is 0 Å². The van der Waals surface area contributed by atoms with Crippen LogP contribution in [0, 0.1) is 6.92 Å². The summed E-state index contributed by atoms with van der Waals surface area (Å²) in [4.78, 5) is 22.0. The van der Waals surface area contributed by atoms with E-state index in [4.69, 9.17) is 14.6 Å². The van der Waals surface area contributed by atoms with Crippen molar-refractivity contribution in [2.24, 2.45) is 0 Å². The number of carboxylic acids is 1. The van der Waals surface area contributed by atoms with Gasteiger partial charge in [0.25, 0.3) is 0 Å². The average Bonchev–Trinajstić information content (AvgIpc) is 2.41. The quantitative estimate of drug-likeness (QED) is 0.633. The van der Waals surface area contributed by atoms with Crippen LogP contribution < -0.4 is 15.4 Å². The number of aryl methyl sites for hydroxylation is 1. The van der Waals surface area contributed by atoms with Gasteiger partial charge in [0.15, 0.2) is 0 Å². The van der Waals surface area contributed by atoms with E-state index in [1.165, 1.54) is 0 Å². The highest BCUT2D eigenvalue weighted by atomic mass is 16.5. The summed E-state index contributed by atoms with van der Waals surface area (Å²) < 4.78 is 10.5. The van der Waals surface area contributed by atoms with Gasteiger partial charge in [-0.2, -0.15) is 0 Å². The molecule has 21 heavy (non-hydrogen) atoms. The maximum Gasteiger partial charge on any atom is 0.319 e. The minimum Gasteiger partial charge on any atom is -0.489 e. The number of hydrogen-bond donors (Lipinski definition) is 3. The van der Waals surface area contributed by atoms with Crippen LogP contribution in [0.5, 0.6) is 5.75 Å². The predicted octanol–water partition coefficient (Wildman–Crippen LogP) is 1.62. The van der Waals surface area contributed by atoms with E-state index in [0.29, 0.717) is 24.7 Å². The number of nitrogens with one attached hydrogen (secondary N) is 2. The van der Waals surface area contributed by atoms with E-state index in [1.807, 2.05) is 19.1 Å². The molecule has 1 rings (SSSR count). The van der Waals surface area contributed by atoms with Crippen LogP contribution in [-0.4, -0.2) is 44.0 Å². The van der Waals surface area contributed by atoms with Crippen LogP contribution in [0.25, 0.3) is 0 Å². The number of amides is 2. The monoisotopic (exact) mass is 296 g/mol. The van der Waals surface area contributed by atoms with Crippen molar-refractivity contribution >= 4 is 17.7 Å². The van der Waals surface area contributed by atoms with Gasteiger partial charge in [0.1, 0.15) is 12.4 Å². The van der Waals surface area contributed by atoms with Crippen LogP contribution in [0.3, 0.4) is 0 Å². The number of rotatable bonds is 8. The van der Waals surface area contributed by atoms with Gasteiger partial charge in [0.05, 0.1) is 18.7 Å². The largest absolute Gasteiger partial charge is 0.489 e. The van der Waals surface area contributed by atoms with Gasteiger partial charge in [-0.05, 0) is 24.6 Å². The first-order valence-electron chi connectivity index (χ1n) is 6.52. The van der Waals surface area contributed by atoms with Crippen LogP contribution in [0.1, 0.15) is 12.0 Å². The number of hydrogen-bond acceptors (Lipinski definition) is 4. The van der Waals surface area contributed by atoms with Crippen LogP contribution in [0.15, 0.2) is 18.2 Å². The molecule has 116 valence electrons. The Hall–Kier alpha value is -2.28. The van der Waals surface area contributed by atoms with Crippen molar-refractivity contribution in [1.82, 2.24) is 5.32 Å². The molecular formula is C14H20N2O5. The number of carbonyl (C=O) groups excluding carboxylic acids is 1. The van der Waals surface area contributed by atoms with Crippen LogP contribution in [0.2, 0.25) is 0 Å². The van der Waals surface area contributed by atoms with Crippen molar-refractivity contribution < 1.29 is 24.2 Å². The maximum atomic E-state index is 11.7. The van der Waals surface area contributed by atoms with E-state index >= 15 is 0 Å². The van der Waals surface area contributed by atoms with Crippen molar-refractivity contribution in [2.75, 3.05) is 32.2 Å². The molecule has 2 amide bonds. The highest BCUT2D eigenvalue weighted by Crippen LogP contribution is 2.25. The van der Waals surface area contributed by atoms with E-state index in [-0.39, 0.29) is 13.0 Å². The zero-order valence-electron chi connectivity index (χ0n) is 12.1. The van der Waals surface area contributed by atoms with Gasteiger partial charge in [-0.25, -0.2) is 4.79 Å². The van der Waals surface area contributed by atoms with Gasteiger partial charge in [-0.3, -0.25) is 4.79 Å². The Morgan fingerprint density at radius 1 is 1.29 bits per heavy atom. The molecular weight excluding hydrogens is 276 g/mol. The molecule has 0 aliphatic heterocycles. The molecule has 0 radical (unpaired) electrons. The number of aliphatic carboxylic acids is 1. The fourth-order valence-corrected chi connectivity index (χ4v) is 1.54. The number of benzene rings is 1. The highest BCUT2D eigenvalue weighted by molar-refractivity contribution is 5.91. The lowest BCUT2D eigenvalue weighted by Crippen LogP contribution is -2.30. The summed E-state index contributed by atoms with van der Waals surface area (Å²) in [5.74, 6) is -0.422. The lowest BCUT2D eigenvalue weighted by Gasteiger charge is -2.13. The Morgan fingerprint density at radius 2 is 2.05 bits per heavy atom. The fourth-order valence-electron chi connectivity index (χ4n) is 1.54. The first-order valence-corrected chi connectivity index (χ1v) is 6.52. The van der Waals surface area contributed by atoms with E-state index in [1.54, 1.807) is 13.2 Å². The van der Waals surface area contributed by atoms with E-state index in [2.05, 4.69) is 10.6 Å². The predicted molar refractivity (Wildman–Crippen MR) is 77.8 cm³/mol. The highest BCUT2D eigenvalue weighted by Gasteiger charge is 2.08. The zero-order valence-corrected chi connectivity index (χ0v) is 12.1. The molecule has 0 saturated carbocycles. The molecule has 0 saturated heterocycles. The molecule has 7 nitrogen and oxygen atoms in total. The topological polar surface area (TPSA) is 96.9 Å². The summed E-state index contributed by atoms with van der Waals surface area (Å²) in [6.45, 7) is 2.79. The average molecular weight is 296 g/mol. The SMILES string of the molecule is COCCOc1cc(C)ccc1NC(=O)NCCC(=O)O. The molecule has 0 aliphatic rings. The fraction of sp³-hybridized carbons (Fsp3) is 0.429. The Labute approximate surface area is 123 Å². The van der Waals surface area contributed by atoms with Crippen molar-refractivity contribution in [1.29, 1.82) is 0 Å².